The zero-order chi connectivity index (χ0) is 16.6. The maximum Gasteiger partial charge on any atom is 0.443 e. The number of alkyl halides is 3. The van der Waals surface area contributed by atoms with Crippen molar-refractivity contribution >= 4 is 22.9 Å². The zero-order valence-corrected chi connectivity index (χ0v) is 13.0. The molecule has 1 saturated heterocycles. The molecular weight excluding hydrogens is 331 g/mol. The highest BCUT2D eigenvalue weighted by Crippen LogP contribution is 2.32. The Morgan fingerprint density at radius 1 is 1.43 bits per heavy atom. The van der Waals surface area contributed by atoms with Gasteiger partial charge in [-0.15, -0.1) is 11.3 Å². The van der Waals surface area contributed by atoms with Crippen molar-refractivity contribution < 1.29 is 18.0 Å². The van der Waals surface area contributed by atoms with Gasteiger partial charge in [0.2, 0.25) is 5.91 Å². The second kappa shape index (κ2) is 5.93. The van der Waals surface area contributed by atoms with Crippen LogP contribution in [0.1, 0.15) is 16.3 Å². The fourth-order valence-corrected chi connectivity index (χ4v) is 3.15. The highest BCUT2D eigenvalue weighted by molar-refractivity contribution is 7.11. The summed E-state index contributed by atoms with van der Waals surface area (Å²) in [6.07, 6.45) is 0.721. The Morgan fingerprint density at radius 2 is 2.22 bits per heavy atom. The van der Waals surface area contributed by atoms with E-state index in [2.05, 4.69) is 15.4 Å². The lowest BCUT2D eigenvalue weighted by molar-refractivity contribution is -0.137. The monoisotopic (exact) mass is 345 g/mol. The average Bonchev–Trinajstić information content (AvgIpc) is 3.16. The molecule has 1 fully saturated rings. The van der Waals surface area contributed by atoms with E-state index in [4.69, 9.17) is 0 Å². The van der Waals surface area contributed by atoms with E-state index in [-0.39, 0.29) is 12.5 Å². The first-order chi connectivity index (χ1) is 10.8. The van der Waals surface area contributed by atoms with Crippen LogP contribution >= 0.6 is 11.3 Å². The Balaban J connectivity index is 1.59. The van der Waals surface area contributed by atoms with Crippen LogP contribution in [0.2, 0.25) is 0 Å². The number of aromatic nitrogens is 3. The standard InChI is InChI=1S/C13H14F3N5OS/c1-20-7-8(4-19-20)21-3-2-10(11(21)22)17-5-9-6-18-12(23-9)13(14,15)16/h4,6-7,10,17H,2-3,5H2,1H3/t10-/m0/s1. The van der Waals surface area contributed by atoms with Gasteiger partial charge in [0, 0.05) is 37.4 Å². The highest BCUT2D eigenvalue weighted by Gasteiger charge is 2.35. The lowest BCUT2D eigenvalue weighted by Gasteiger charge is -2.14. The normalized spacial score (nSPS) is 18.9. The summed E-state index contributed by atoms with van der Waals surface area (Å²) in [6.45, 7) is 0.740. The molecule has 6 nitrogen and oxygen atoms in total. The smallest absolute Gasteiger partial charge is 0.308 e. The van der Waals surface area contributed by atoms with Gasteiger partial charge in [-0.2, -0.15) is 18.3 Å². The Kier molecular flexibility index (Phi) is 4.11. The number of hydrogen-bond donors (Lipinski definition) is 1. The van der Waals surface area contributed by atoms with Gasteiger partial charge in [0.05, 0.1) is 17.9 Å². The molecular formula is C13H14F3N5OS. The number of aryl methyl sites for hydroxylation is 1. The predicted molar refractivity (Wildman–Crippen MR) is 77.9 cm³/mol. The number of thiazole rings is 1. The van der Waals surface area contributed by atoms with Gasteiger partial charge in [0.15, 0.2) is 5.01 Å². The van der Waals surface area contributed by atoms with E-state index in [1.165, 1.54) is 6.20 Å². The SMILES string of the molecule is Cn1cc(N2CC[C@H](NCc3cnc(C(F)(F)F)s3)C2=O)cn1. The van der Waals surface area contributed by atoms with Crippen molar-refractivity contribution in [3.8, 4) is 0 Å². The number of carbonyl (C=O) groups excluding carboxylic acids is 1. The molecule has 3 heterocycles. The number of nitrogens with one attached hydrogen (secondary N) is 1. The van der Waals surface area contributed by atoms with Crippen LogP contribution in [0.3, 0.4) is 0 Å². The number of amides is 1. The first kappa shape index (κ1) is 15.9. The minimum absolute atomic E-state index is 0.0986. The summed E-state index contributed by atoms with van der Waals surface area (Å²) in [5.41, 5.74) is 0.721. The summed E-state index contributed by atoms with van der Waals surface area (Å²) in [7, 11) is 1.77. The Hall–Kier alpha value is -1.94. The summed E-state index contributed by atoms with van der Waals surface area (Å²) in [5, 5.41) is 6.16. The van der Waals surface area contributed by atoms with Crippen molar-refractivity contribution in [1.82, 2.24) is 20.1 Å². The Bertz CT molecular complexity index is 711. The van der Waals surface area contributed by atoms with E-state index < -0.39 is 17.2 Å². The molecule has 0 aliphatic carbocycles. The molecule has 2 aromatic rings. The van der Waals surface area contributed by atoms with Crippen molar-refractivity contribution in [2.75, 3.05) is 11.4 Å². The van der Waals surface area contributed by atoms with E-state index >= 15 is 0 Å². The highest BCUT2D eigenvalue weighted by atomic mass is 32.1. The van der Waals surface area contributed by atoms with E-state index in [0.717, 1.165) is 5.69 Å². The summed E-state index contributed by atoms with van der Waals surface area (Å²) in [5.74, 6) is -0.0986. The fourth-order valence-electron chi connectivity index (χ4n) is 2.42. The van der Waals surface area contributed by atoms with Crippen LogP contribution in [-0.2, 0) is 24.6 Å². The van der Waals surface area contributed by atoms with Gasteiger partial charge in [-0.05, 0) is 6.42 Å². The molecule has 0 spiro atoms. The van der Waals surface area contributed by atoms with Gasteiger partial charge in [-0.3, -0.25) is 9.48 Å². The van der Waals surface area contributed by atoms with Crippen molar-refractivity contribution in [3.63, 3.8) is 0 Å². The van der Waals surface area contributed by atoms with Crippen LogP contribution < -0.4 is 10.2 Å². The summed E-state index contributed by atoms with van der Waals surface area (Å²) < 4.78 is 39.1. The third-order valence-electron chi connectivity index (χ3n) is 3.53. The minimum atomic E-state index is -4.43. The maximum absolute atomic E-state index is 12.5. The number of carbonyl (C=O) groups is 1. The molecule has 124 valence electrons. The van der Waals surface area contributed by atoms with Gasteiger partial charge >= 0.3 is 6.18 Å². The van der Waals surface area contributed by atoms with Crippen molar-refractivity contribution in [2.24, 2.45) is 7.05 Å². The Morgan fingerprint density at radius 3 is 2.83 bits per heavy atom. The number of rotatable bonds is 4. The van der Waals surface area contributed by atoms with Gasteiger partial charge in [0.25, 0.3) is 0 Å². The second-order valence-corrected chi connectivity index (χ2v) is 6.33. The number of hydrogen-bond acceptors (Lipinski definition) is 5. The molecule has 3 rings (SSSR count). The molecule has 0 radical (unpaired) electrons. The summed E-state index contributed by atoms with van der Waals surface area (Å²) >= 11 is 0.588. The topological polar surface area (TPSA) is 63.1 Å². The van der Waals surface area contributed by atoms with Crippen LogP contribution in [0.25, 0.3) is 0 Å². The maximum atomic E-state index is 12.5. The van der Waals surface area contributed by atoms with Crippen LogP contribution in [0.4, 0.5) is 18.9 Å². The second-order valence-electron chi connectivity index (χ2n) is 5.21. The Labute approximate surface area is 133 Å². The third kappa shape index (κ3) is 3.37. The molecule has 1 atom stereocenters. The van der Waals surface area contributed by atoms with E-state index in [0.29, 0.717) is 29.2 Å². The molecule has 23 heavy (non-hydrogen) atoms. The third-order valence-corrected chi connectivity index (χ3v) is 4.57. The van der Waals surface area contributed by atoms with E-state index in [9.17, 15) is 18.0 Å². The van der Waals surface area contributed by atoms with Crippen LogP contribution in [0.5, 0.6) is 0 Å². The molecule has 1 amide bonds. The molecule has 0 saturated carbocycles. The molecule has 0 bridgehead atoms. The molecule has 1 aliphatic rings. The van der Waals surface area contributed by atoms with E-state index in [1.54, 1.807) is 29.0 Å². The lowest BCUT2D eigenvalue weighted by Crippen LogP contribution is -2.37. The number of nitrogens with zero attached hydrogens (tertiary/aromatic N) is 4. The van der Waals surface area contributed by atoms with Gasteiger partial charge in [-0.1, -0.05) is 0 Å². The zero-order valence-electron chi connectivity index (χ0n) is 12.2. The van der Waals surface area contributed by atoms with Gasteiger partial charge < -0.3 is 10.2 Å². The van der Waals surface area contributed by atoms with Crippen LogP contribution in [-0.4, -0.2) is 33.3 Å². The van der Waals surface area contributed by atoms with Crippen LogP contribution in [0, 0.1) is 0 Å². The van der Waals surface area contributed by atoms with Crippen molar-refractivity contribution in [2.45, 2.75) is 25.2 Å². The van der Waals surface area contributed by atoms with Gasteiger partial charge in [0.1, 0.15) is 0 Å². The number of halogens is 3. The molecule has 0 aromatic carbocycles. The van der Waals surface area contributed by atoms with Gasteiger partial charge in [-0.25, -0.2) is 4.98 Å². The largest absolute Gasteiger partial charge is 0.443 e. The number of anilines is 1. The fraction of sp³-hybridized carbons (Fsp3) is 0.462. The average molecular weight is 345 g/mol. The molecule has 10 heteroatoms. The lowest BCUT2D eigenvalue weighted by atomic mass is 10.2. The molecule has 1 N–H and O–H groups in total. The van der Waals surface area contributed by atoms with E-state index in [1.807, 2.05) is 0 Å². The minimum Gasteiger partial charge on any atom is -0.308 e. The predicted octanol–water partition coefficient (Wildman–Crippen LogP) is 1.79. The van der Waals surface area contributed by atoms with Crippen molar-refractivity contribution in [1.29, 1.82) is 0 Å². The molecule has 1 aliphatic heterocycles. The summed E-state index contributed by atoms with van der Waals surface area (Å²) in [4.78, 5) is 17.8. The molecule has 2 aromatic heterocycles. The molecule has 0 unspecified atom stereocenters. The summed E-state index contributed by atoms with van der Waals surface area (Å²) in [6, 6.07) is -0.411. The first-order valence-electron chi connectivity index (χ1n) is 6.90. The van der Waals surface area contributed by atoms with Crippen molar-refractivity contribution in [3.05, 3.63) is 28.5 Å². The van der Waals surface area contributed by atoms with Crippen LogP contribution in [0.15, 0.2) is 18.6 Å². The quantitative estimate of drug-likeness (QED) is 0.918. The first-order valence-corrected chi connectivity index (χ1v) is 7.71.